The van der Waals surface area contributed by atoms with E-state index < -0.39 is 10.0 Å². The van der Waals surface area contributed by atoms with Crippen LogP contribution in [0, 0.1) is 0 Å². The lowest BCUT2D eigenvalue weighted by atomic mass is 10.3. The first-order valence-corrected chi connectivity index (χ1v) is 9.81. The summed E-state index contributed by atoms with van der Waals surface area (Å²) in [5.41, 5.74) is 1.11. The SMILES string of the molecule is CC(C)n1cnc(S(=O)(=O)Nc2ccc(-c3ccc(Cl)s3)nc2)c1. The average Bonchev–Trinajstić information content (AvgIpc) is 3.17. The molecule has 3 rings (SSSR count). The standard InChI is InChI=1S/C15H15ClN4O2S2/c1-10(2)20-8-15(18-9-20)24(21,22)19-11-3-4-12(17-7-11)13-5-6-14(16)23-13/h3-10,19H,1-2H3. The van der Waals surface area contributed by atoms with Gasteiger partial charge in [0.1, 0.15) is 0 Å². The second-order valence-corrected chi connectivity index (χ2v) is 8.74. The third-order valence-electron chi connectivity index (χ3n) is 3.29. The number of hydrogen-bond acceptors (Lipinski definition) is 5. The van der Waals surface area contributed by atoms with E-state index in [1.165, 1.54) is 30.1 Å². The fourth-order valence-electron chi connectivity index (χ4n) is 2.00. The molecule has 0 fully saturated rings. The first-order valence-electron chi connectivity index (χ1n) is 7.13. The van der Waals surface area contributed by atoms with Crippen molar-refractivity contribution in [1.82, 2.24) is 14.5 Å². The zero-order chi connectivity index (χ0) is 17.3. The number of sulfonamides is 1. The van der Waals surface area contributed by atoms with E-state index in [-0.39, 0.29) is 11.1 Å². The van der Waals surface area contributed by atoms with E-state index in [1.807, 2.05) is 19.9 Å². The molecule has 0 bridgehead atoms. The van der Waals surface area contributed by atoms with E-state index in [2.05, 4.69) is 14.7 Å². The van der Waals surface area contributed by atoms with Crippen LogP contribution < -0.4 is 4.72 Å². The van der Waals surface area contributed by atoms with Gasteiger partial charge in [-0.15, -0.1) is 11.3 Å². The van der Waals surface area contributed by atoms with Gasteiger partial charge in [-0.3, -0.25) is 9.71 Å². The third kappa shape index (κ3) is 3.61. The Morgan fingerprint density at radius 2 is 2.00 bits per heavy atom. The van der Waals surface area contributed by atoms with E-state index in [0.717, 1.165) is 10.6 Å². The van der Waals surface area contributed by atoms with Crippen molar-refractivity contribution in [2.45, 2.75) is 24.9 Å². The Bertz CT molecular complexity index is 946. The highest BCUT2D eigenvalue weighted by Crippen LogP contribution is 2.30. The van der Waals surface area contributed by atoms with E-state index >= 15 is 0 Å². The number of imidazole rings is 1. The van der Waals surface area contributed by atoms with Crippen LogP contribution >= 0.6 is 22.9 Å². The molecule has 0 aliphatic heterocycles. The van der Waals surface area contributed by atoms with Crippen molar-refractivity contribution in [2.75, 3.05) is 4.72 Å². The van der Waals surface area contributed by atoms with Gasteiger partial charge < -0.3 is 4.57 Å². The van der Waals surface area contributed by atoms with Crippen molar-refractivity contribution < 1.29 is 8.42 Å². The minimum atomic E-state index is -3.74. The zero-order valence-corrected chi connectivity index (χ0v) is 15.4. The predicted molar refractivity (Wildman–Crippen MR) is 96.0 cm³/mol. The molecular formula is C15H15ClN4O2S2. The van der Waals surface area contributed by atoms with Crippen molar-refractivity contribution in [3.05, 3.63) is 47.3 Å². The van der Waals surface area contributed by atoms with Gasteiger partial charge in [0.2, 0.25) is 0 Å². The molecule has 0 aliphatic carbocycles. The normalized spacial score (nSPS) is 11.8. The molecule has 3 aromatic rings. The molecule has 0 saturated heterocycles. The van der Waals surface area contributed by atoms with Crippen molar-refractivity contribution in [3.8, 4) is 10.6 Å². The minimum absolute atomic E-state index is 0.0229. The highest BCUT2D eigenvalue weighted by molar-refractivity contribution is 7.92. The number of hydrogen-bond donors (Lipinski definition) is 1. The third-order valence-corrected chi connectivity index (χ3v) is 5.81. The molecule has 0 spiro atoms. The summed E-state index contributed by atoms with van der Waals surface area (Å²) in [6, 6.07) is 7.21. The van der Waals surface area contributed by atoms with Crippen molar-refractivity contribution in [3.63, 3.8) is 0 Å². The molecule has 126 valence electrons. The predicted octanol–water partition coefficient (Wildman–Crippen LogP) is 4.04. The molecule has 9 heteroatoms. The molecule has 1 N–H and O–H groups in total. The molecule has 3 heterocycles. The van der Waals surface area contributed by atoms with Crippen molar-refractivity contribution in [2.24, 2.45) is 0 Å². The van der Waals surface area contributed by atoms with E-state index in [9.17, 15) is 8.42 Å². The first-order chi connectivity index (χ1) is 11.3. The van der Waals surface area contributed by atoms with E-state index in [1.54, 1.807) is 22.8 Å². The molecule has 0 radical (unpaired) electrons. The Kier molecular flexibility index (Phi) is 4.62. The van der Waals surface area contributed by atoms with Gasteiger partial charge in [0, 0.05) is 12.2 Å². The molecule has 0 aliphatic rings. The average molecular weight is 383 g/mol. The maximum atomic E-state index is 12.4. The van der Waals surface area contributed by atoms with Crippen molar-refractivity contribution >= 4 is 38.6 Å². The number of pyridine rings is 1. The van der Waals surface area contributed by atoms with Crippen LogP contribution in [-0.4, -0.2) is 23.0 Å². The summed E-state index contributed by atoms with van der Waals surface area (Å²) >= 11 is 7.32. The number of aromatic nitrogens is 3. The molecule has 0 aromatic carbocycles. The summed E-state index contributed by atoms with van der Waals surface area (Å²) in [4.78, 5) is 9.15. The van der Waals surface area contributed by atoms with Crippen LogP contribution in [0.3, 0.4) is 0 Å². The lowest BCUT2D eigenvalue weighted by Crippen LogP contribution is -2.13. The Morgan fingerprint density at radius 1 is 1.21 bits per heavy atom. The van der Waals surface area contributed by atoms with Gasteiger partial charge in [-0.1, -0.05) is 11.6 Å². The number of rotatable bonds is 5. The number of nitrogens with zero attached hydrogens (tertiary/aromatic N) is 3. The van der Waals surface area contributed by atoms with Crippen LogP contribution in [0.4, 0.5) is 5.69 Å². The molecular weight excluding hydrogens is 368 g/mol. The number of thiophene rings is 1. The van der Waals surface area contributed by atoms with Crippen LogP contribution in [0.2, 0.25) is 4.34 Å². The second-order valence-electron chi connectivity index (χ2n) is 5.39. The number of nitrogens with one attached hydrogen (secondary N) is 1. The van der Waals surface area contributed by atoms with Gasteiger partial charge in [0.25, 0.3) is 10.0 Å². The monoisotopic (exact) mass is 382 g/mol. The highest BCUT2D eigenvalue weighted by atomic mass is 35.5. The second kappa shape index (κ2) is 6.54. The number of anilines is 1. The quantitative estimate of drug-likeness (QED) is 0.722. The van der Waals surface area contributed by atoms with Crippen LogP contribution in [-0.2, 0) is 10.0 Å². The summed E-state index contributed by atoms with van der Waals surface area (Å²) in [6.45, 7) is 3.90. The molecule has 0 amide bonds. The summed E-state index contributed by atoms with van der Waals surface area (Å²) in [5.74, 6) is 0. The molecule has 24 heavy (non-hydrogen) atoms. The summed E-state index contributed by atoms with van der Waals surface area (Å²) in [7, 11) is -3.74. The van der Waals surface area contributed by atoms with Crippen LogP contribution in [0.1, 0.15) is 19.9 Å². The van der Waals surface area contributed by atoms with Gasteiger partial charge in [0.15, 0.2) is 5.03 Å². The van der Waals surface area contributed by atoms with E-state index in [4.69, 9.17) is 11.6 Å². The Balaban J connectivity index is 1.79. The molecule has 0 saturated carbocycles. The van der Waals surface area contributed by atoms with Gasteiger partial charge in [-0.2, -0.15) is 8.42 Å². The number of halogens is 1. The van der Waals surface area contributed by atoms with Crippen LogP contribution in [0.5, 0.6) is 0 Å². The van der Waals surface area contributed by atoms with Crippen molar-refractivity contribution in [1.29, 1.82) is 0 Å². The lowest BCUT2D eigenvalue weighted by Gasteiger charge is -2.06. The fourth-order valence-corrected chi connectivity index (χ4v) is 4.00. The van der Waals surface area contributed by atoms with Gasteiger partial charge in [-0.05, 0) is 38.1 Å². The fraction of sp³-hybridized carbons (Fsp3) is 0.200. The Labute approximate surface area is 149 Å². The maximum Gasteiger partial charge on any atom is 0.280 e. The maximum absolute atomic E-state index is 12.4. The largest absolute Gasteiger partial charge is 0.334 e. The Hall–Kier alpha value is -1.90. The molecule has 0 atom stereocenters. The highest BCUT2D eigenvalue weighted by Gasteiger charge is 2.18. The summed E-state index contributed by atoms with van der Waals surface area (Å²) in [5, 5.41) is -0.0229. The topological polar surface area (TPSA) is 76.9 Å². The zero-order valence-electron chi connectivity index (χ0n) is 13.0. The lowest BCUT2D eigenvalue weighted by molar-refractivity contribution is 0.591. The molecule has 3 aromatic heterocycles. The first kappa shape index (κ1) is 16.9. The molecule has 6 nitrogen and oxygen atoms in total. The van der Waals surface area contributed by atoms with Gasteiger partial charge in [0.05, 0.1) is 33.1 Å². The van der Waals surface area contributed by atoms with E-state index in [0.29, 0.717) is 10.0 Å². The summed E-state index contributed by atoms with van der Waals surface area (Å²) in [6.07, 6.45) is 4.48. The van der Waals surface area contributed by atoms with Crippen LogP contribution in [0.25, 0.3) is 10.6 Å². The van der Waals surface area contributed by atoms with Crippen LogP contribution in [0.15, 0.2) is 48.0 Å². The van der Waals surface area contributed by atoms with Gasteiger partial charge >= 0.3 is 0 Å². The summed E-state index contributed by atoms with van der Waals surface area (Å²) < 4.78 is 29.6. The van der Waals surface area contributed by atoms with Gasteiger partial charge in [-0.25, -0.2) is 4.98 Å². The smallest absolute Gasteiger partial charge is 0.280 e. The Morgan fingerprint density at radius 3 is 2.54 bits per heavy atom. The minimum Gasteiger partial charge on any atom is -0.334 e. The molecule has 0 unspecified atom stereocenters.